The molecule has 1 aliphatic rings. The standard InChI is InChI=1S/C23H23N7O3/c1-14-6-7-18(30-24-8-9-25-30)17(11-14)23(31)29-10-4-5-19(29)22-27-21(28-33-22)16-12-15(2)26-20(13-16)32-3/h6-9,11-13,19H,4-5,10H2,1-3H3. The van der Waals surface area contributed by atoms with Gasteiger partial charge in [-0.05, 0) is 44.9 Å². The number of pyridine rings is 1. The van der Waals surface area contributed by atoms with Crippen LogP contribution in [0, 0.1) is 13.8 Å². The van der Waals surface area contributed by atoms with E-state index < -0.39 is 0 Å². The van der Waals surface area contributed by atoms with Crippen molar-refractivity contribution in [2.24, 2.45) is 0 Å². The molecule has 10 nitrogen and oxygen atoms in total. The molecule has 1 unspecified atom stereocenters. The van der Waals surface area contributed by atoms with Crippen molar-refractivity contribution in [1.29, 1.82) is 0 Å². The predicted molar refractivity (Wildman–Crippen MR) is 118 cm³/mol. The van der Waals surface area contributed by atoms with Crippen molar-refractivity contribution in [3.8, 4) is 23.0 Å². The van der Waals surface area contributed by atoms with Crippen LogP contribution < -0.4 is 4.74 Å². The summed E-state index contributed by atoms with van der Waals surface area (Å²) in [6, 6.07) is 8.98. The number of carbonyl (C=O) groups excluding carboxylic acids is 1. The predicted octanol–water partition coefficient (Wildman–Crippen LogP) is 3.32. The SMILES string of the molecule is COc1cc(-c2noc(C3CCCN3C(=O)c3cc(C)ccc3-n3nccn3)n2)cc(C)n1. The molecule has 33 heavy (non-hydrogen) atoms. The molecular formula is C23H23N7O3. The molecular weight excluding hydrogens is 422 g/mol. The summed E-state index contributed by atoms with van der Waals surface area (Å²) in [6.07, 6.45) is 4.76. The van der Waals surface area contributed by atoms with Crippen LogP contribution in [0.25, 0.3) is 17.1 Å². The number of ether oxygens (including phenoxy) is 1. The molecule has 4 aromatic rings. The van der Waals surface area contributed by atoms with Gasteiger partial charge in [0.15, 0.2) is 0 Å². The van der Waals surface area contributed by atoms with Crippen LogP contribution in [0.5, 0.6) is 5.88 Å². The minimum Gasteiger partial charge on any atom is -0.481 e. The second kappa shape index (κ2) is 8.45. The Bertz CT molecular complexity index is 1300. The summed E-state index contributed by atoms with van der Waals surface area (Å²) < 4.78 is 10.9. The number of hydrogen-bond acceptors (Lipinski definition) is 8. The fourth-order valence-electron chi connectivity index (χ4n) is 4.12. The van der Waals surface area contributed by atoms with Crippen LogP contribution in [-0.2, 0) is 0 Å². The van der Waals surface area contributed by atoms with E-state index in [-0.39, 0.29) is 11.9 Å². The molecule has 3 aromatic heterocycles. The van der Waals surface area contributed by atoms with Crippen LogP contribution in [-0.4, -0.2) is 54.6 Å². The van der Waals surface area contributed by atoms with Crippen molar-refractivity contribution in [3.05, 3.63) is 65.4 Å². The molecule has 0 saturated carbocycles. The number of methoxy groups -OCH3 is 1. The quantitative estimate of drug-likeness (QED) is 0.460. The fourth-order valence-corrected chi connectivity index (χ4v) is 4.12. The van der Waals surface area contributed by atoms with E-state index in [0.29, 0.717) is 35.4 Å². The first kappa shape index (κ1) is 20.8. The summed E-state index contributed by atoms with van der Waals surface area (Å²) in [5.74, 6) is 1.21. The number of benzene rings is 1. The summed E-state index contributed by atoms with van der Waals surface area (Å²) in [5, 5.41) is 12.6. The van der Waals surface area contributed by atoms with E-state index in [1.807, 2.05) is 38.1 Å². The van der Waals surface area contributed by atoms with Crippen molar-refractivity contribution in [2.45, 2.75) is 32.7 Å². The molecule has 1 fully saturated rings. The Labute approximate surface area is 190 Å². The summed E-state index contributed by atoms with van der Waals surface area (Å²) in [5.41, 5.74) is 3.68. The zero-order chi connectivity index (χ0) is 22.9. The zero-order valence-corrected chi connectivity index (χ0v) is 18.6. The Morgan fingerprint density at radius 3 is 2.73 bits per heavy atom. The van der Waals surface area contributed by atoms with Gasteiger partial charge in [-0.15, -0.1) is 0 Å². The molecule has 0 aliphatic carbocycles. The molecule has 4 heterocycles. The lowest BCUT2D eigenvalue weighted by molar-refractivity contribution is 0.0709. The van der Waals surface area contributed by atoms with E-state index in [9.17, 15) is 4.79 Å². The van der Waals surface area contributed by atoms with Crippen molar-refractivity contribution >= 4 is 5.91 Å². The molecule has 0 N–H and O–H groups in total. The minimum atomic E-state index is -0.303. The largest absolute Gasteiger partial charge is 0.481 e. The van der Waals surface area contributed by atoms with Crippen LogP contribution in [0.4, 0.5) is 0 Å². The topological polar surface area (TPSA) is 112 Å². The average Bonchev–Trinajstić information content (AvgIpc) is 3.59. The number of rotatable bonds is 5. The number of aryl methyl sites for hydroxylation is 2. The first-order chi connectivity index (χ1) is 16.0. The van der Waals surface area contributed by atoms with Gasteiger partial charge in [0.2, 0.25) is 17.6 Å². The Kier molecular flexibility index (Phi) is 5.33. The highest BCUT2D eigenvalue weighted by Gasteiger charge is 2.35. The van der Waals surface area contributed by atoms with Gasteiger partial charge in [-0.1, -0.05) is 16.8 Å². The summed E-state index contributed by atoms with van der Waals surface area (Å²) in [7, 11) is 1.56. The number of hydrogen-bond donors (Lipinski definition) is 0. The molecule has 0 spiro atoms. The highest BCUT2D eigenvalue weighted by molar-refractivity contribution is 5.98. The van der Waals surface area contributed by atoms with E-state index in [1.54, 1.807) is 30.5 Å². The molecule has 5 rings (SSSR count). The normalized spacial score (nSPS) is 15.7. The molecule has 1 saturated heterocycles. The molecule has 1 amide bonds. The zero-order valence-electron chi connectivity index (χ0n) is 18.6. The maximum Gasteiger partial charge on any atom is 0.256 e. The van der Waals surface area contributed by atoms with Gasteiger partial charge in [-0.25, -0.2) is 4.98 Å². The Morgan fingerprint density at radius 1 is 1.12 bits per heavy atom. The van der Waals surface area contributed by atoms with Crippen LogP contribution in [0.3, 0.4) is 0 Å². The molecule has 0 radical (unpaired) electrons. The summed E-state index contributed by atoms with van der Waals surface area (Å²) in [6.45, 7) is 4.43. The fraction of sp³-hybridized carbons (Fsp3) is 0.304. The molecule has 1 atom stereocenters. The monoisotopic (exact) mass is 445 g/mol. The molecule has 0 bridgehead atoms. The van der Waals surface area contributed by atoms with Gasteiger partial charge in [-0.2, -0.15) is 20.0 Å². The third-order valence-corrected chi connectivity index (χ3v) is 5.65. The number of carbonyl (C=O) groups is 1. The highest BCUT2D eigenvalue weighted by Crippen LogP contribution is 2.34. The second-order valence-electron chi connectivity index (χ2n) is 7.99. The Hall–Kier alpha value is -4.08. The van der Waals surface area contributed by atoms with Crippen LogP contribution >= 0.6 is 0 Å². The van der Waals surface area contributed by atoms with E-state index in [2.05, 4.69) is 25.3 Å². The van der Waals surface area contributed by atoms with Gasteiger partial charge in [0.05, 0.1) is 30.8 Å². The van der Waals surface area contributed by atoms with Gasteiger partial charge in [-0.3, -0.25) is 4.79 Å². The summed E-state index contributed by atoms with van der Waals surface area (Å²) in [4.78, 5) is 25.8. The van der Waals surface area contributed by atoms with Crippen molar-refractivity contribution in [1.82, 2.24) is 35.0 Å². The van der Waals surface area contributed by atoms with E-state index in [4.69, 9.17) is 9.26 Å². The third-order valence-electron chi connectivity index (χ3n) is 5.65. The smallest absolute Gasteiger partial charge is 0.256 e. The molecule has 168 valence electrons. The highest BCUT2D eigenvalue weighted by atomic mass is 16.5. The molecule has 10 heteroatoms. The van der Waals surface area contributed by atoms with Gasteiger partial charge >= 0.3 is 0 Å². The lowest BCUT2D eigenvalue weighted by Gasteiger charge is -2.23. The average molecular weight is 445 g/mol. The first-order valence-corrected chi connectivity index (χ1v) is 10.7. The number of aromatic nitrogens is 6. The van der Waals surface area contributed by atoms with Crippen LogP contribution in [0.2, 0.25) is 0 Å². The van der Waals surface area contributed by atoms with Gasteiger partial charge in [0.1, 0.15) is 6.04 Å². The van der Waals surface area contributed by atoms with Crippen LogP contribution in [0.15, 0.2) is 47.2 Å². The lowest BCUT2D eigenvalue weighted by Crippen LogP contribution is -2.31. The molecule has 1 aromatic carbocycles. The summed E-state index contributed by atoms with van der Waals surface area (Å²) >= 11 is 0. The van der Waals surface area contributed by atoms with Crippen molar-refractivity contribution in [3.63, 3.8) is 0 Å². The lowest BCUT2D eigenvalue weighted by atomic mass is 10.1. The maximum absolute atomic E-state index is 13.6. The maximum atomic E-state index is 13.6. The van der Waals surface area contributed by atoms with Crippen molar-refractivity contribution in [2.75, 3.05) is 13.7 Å². The molecule has 1 aliphatic heterocycles. The van der Waals surface area contributed by atoms with Crippen molar-refractivity contribution < 1.29 is 14.1 Å². The van der Waals surface area contributed by atoms with Gasteiger partial charge in [0, 0.05) is 23.9 Å². The third kappa shape index (κ3) is 3.95. The van der Waals surface area contributed by atoms with E-state index in [1.165, 1.54) is 4.80 Å². The second-order valence-corrected chi connectivity index (χ2v) is 7.99. The number of amides is 1. The Morgan fingerprint density at radius 2 is 1.94 bits per heavy atom. The number of likely N-dealkylation sites (tertiary alicyclic amines) is 1. The van der Waals surface area contributed by atoms with E-state index in [0.717, 1.165) is 29.7 Å². The van der Waals surface area contributed by atoms with E-state index >= 15 is 0 Å². The number of nitrogens with zero attached hydrogens (tertiary/aromatic N) is 7. The minimum absolute atomic E-state index is 0.116. The van der Waals surface area contributed by atoms with Crippen LogP contribution in [0.1, 0.15) is 46.4 Å². The first-order valence-electron chi connectivity index (χ1n) is 10.7. The van der Waals surface area contributed by atoms with Gasteiger partial charge in [0.25, 0.3) is 5.91 Å². The van der Waals surface area contributed by atoms with Gasteiger partial charge < -0.3 is 14.2 Å². The Balaban J connectivity index is 1.46.